The molecule has 0 atom stereocenters. The Hall–Kier alpha value is -2.10. The van der Waals surface area contributed by atoms with Crippen LogP contribution in [0.25, 0.3) is 11.3 Å². The Kier molecular flexibility index (Phi) is 3.93. The van der Waals surface area contributed by atoms with Gasteiger partial charge in [0.1, 0.15) is 5.82 Å². The normalized spacial score (nSPS) is 10.9. The van der Waals surface area contributed by atoms with E-state index in [4.69, 9.17) is 0 Å². The molecule has 0 aliphatic carbocycles. The monoisotopic (exact) mass is 271 g/mol. The van der Waals surface area contributed by atoms with E-state index in [0.717, 1.165) is 22.8 Å². The van der Waals surface area contributed by atoms with Gasteiger partial charge in [0.15, 0.2) is 0 Å². The second-order valence-electron chi connectivity index (χ2n) is 5.52. The van der Waals surface area contributed by atoms with Crippen LogP contribution in [0.5, 0.6) is 0 Å². The van der Waals surface area contributed by atoms with E-state index in [0.29, 0.717) is 5.56 Å². The van der Waals surface area contributed by atoms with E-state index in [1.807, 2.05) is 64.0 Å². The van der Waals surface area contributed by atoms with Crippen LogP contribution in [0, 0.1) is 6.92 Å². The van der Waals surface area contributed by atoms with Crippen molar-refractivity contribution in [3.63, 3.8) is 0 Å². The summed E-state index contributed by atoms with van der Waals surface area (Å²) >= 11 is 0. The van der Waals surface area contributed by atoms with Gasteiger partial charge >= 0.3 is 0 Å². The number of aromatic amines is 1. The molecule has 0 radical (unpaired) electrons. The van der Waals surface area contributed by atoms with Crippen molar-refractivity contribution < 1.29 is 0 Å². The number of benzene rings is 1. The topological polar surface area (TPSA) is 49.0 Å². The summed E-state index contributed by atoms with van der Waals surface area (Å²) in [6.45, 7) is 5.85. The predicted molar refractivity (Wildman–Crippen MR) is 83.4 cm³/mol. The molecule has 2 rings (SSSR count). The zero-order valence-corrected chi connectivity index (χ0v) is 12.7. The van der Waals surface area contributed by atoms with Crippen molar-refractivity contribution in [1.29, 1.82) is 0 Å². The fraction of sp³-hybridized carbons (Fsp3) is 0.375. The number of rotatable bonds is 3. The van der Waals surface area contributed by atoms with E-state index >= 15 is 0 Å². The number of H-pyrrole nitrogens is 1. The molecule has 1 heterocycles. The Labute approximate surface area is 119 Å². The summed E-state index contributed by atoms with van der Waals surface area (Å²) in [5.41, 5.74) is 3.46. The minimum absolute atomic E-state index is 0.0598. The minimum Gasteiger partial charge on any atom is -0.378 e. The van der Waals surface area contributed by atoms with E-state index in [1.54, 1.807) is 0 Å². The number of nitrogens with zero attached hydrogens (tertiary/aromatic N) is 2. The van der Waals surface area contributed by atoms with E-state index in [-0.39, 0.29) is 11.5 Å². The Morgan fingerprint density at radius 2 is 1.75 bits per heavy atom. The average molecular weight is 271 g/mol. The third kappa shape index (κ3) is 2.74. The number of anilines is 1. The molecule has 1 aromatic carbocycles. The van der Waals surface area contributed by atoms with Gasteiger partial charge in [0.25, 0.3) is 5.56 Å². The van der Waals surface area contributed by atoms with Crippen molar-refractivity contribution in [2.45, 2.75) is 26.7 Å². The molecule has 0 saturated heterocycles. The molecule has 0 bridgehead atoms. The van der Waals surface area contributed by atoms with Gasteiger partial charge in [0.05, 0.1) is 5.69 Å². The largest absolute Gasteiger partial charge is 0.378 e. The molecule has 1 N–H and O–H groups in total. The predicted octanol–water partition coefficient (Wildman–Crippen LogP) is 2.93. The first kappa shape index (κ1) is 14.3. The van der Waals surface area contributed by atoms with Gasteiger partial charge in [0, 0.05) is 36.8 Å². The molecule has 1 aromatic heterocycles. The maximum atomic E-state index is 12.0. The first-order valence-corrected chi connectivity index (χ1v) is 6.78. The molecule has 0 fully saturated rings. The lowest BCUT2D eigenvalue weighted by atomic mass is 10.1. The smallest absolute Gasteiger partial charge is 0.254 e. The van der Waals surface area contributed by atoms with Crippen molar-refractivity contribution in [2.75, 3.05) is 19.0 Å². The highest BCUT2D eigenvalue weighted by atomic mass is 16.1. The van der Waals surface area contributed by atoms with E-state index in [2.05, 4.69) is 9.97 Å². The van der Waals surface area contributed by atoms with E-state index in [9.17, 15) is 4.79 Å². The highest BCUT2D eigenvalue weighted by molar-refractivity contribution is 5.65. The third-order valence-corrected chi connectivity index (χ3v) is 3.37. The third-order valence-electron chi connectivity index (χ3n) is 3.37. The number of aromatic nitrogens is 2. The summed E-state index contributed by atoms with van der Waals surface area (Å²) in [5, 5.41) is 0. The van der Waals surface area contributed by atoms with Crippen LogP contribution in [0.1, 0.15) is 31.2 Å². The van der Waals surface area contributed by atoms with Gasteiger partial charge in [-0.2, -0.15) is 0 Å². The van der Waals surface area contributed by atoms with Crippen molar-refractivity contribution in [3.05, 3.63) is 46.0 Å². The average Bonchev–Trinajstić information content (AvgIpc) is 2.41. The molecular formula is C16H21N3O. The molecule has 106 valence electrons. The second-order valence-corrected chi connectivity index (χ2v) is 5.52. The Morgan fingerprint density at radius 3 is 2.25 bits per heavy atom. The van der Waals surface area contributed by atoms with Crippen LogP contribution in [0.15, 0.2) is 29.1 Å². The van der Waals surface area contributed by atoms with Crippen LogP contribution in [0.2, 0.25) is 0 Å². The standard InChI is InChI=1S/C16H21N3O/c1-10(2)15-17-14(11(3)16(20)18-15)12-6-8-13(9-7-12)19(4)5/h6-10H,1-5H3,(H,17,18,20). The van der Waals surface area contributed by atoms with Gasteiger partial charge in [-0.05, 0) is 19.1 Å². The van der Waals surface area contributed by atoms with Gasteiger partial charge in [-0.1, -0.05) is 26.0 Å². The quantitative estimate of drug-likeness (QED) is 0.933. The van der Waals surface area contributed by atoms with Crippen LogP contribution in [0.4, 0.5) is 5.69 Å². The highest BCUT2D eigenvalue weighted by Crippen LogP contribution is 2.23. The molecule has 0 spiro atoms. The lowest BCUT2D eigenvalue weighted by Crippen LogP contribution is -2.17. The SMILES string of the molecule is Cc1c(-c2ccc(N(C)C)cc2)nc(C(C)C)[nH]c1=O. The molecule has 4 heteroatoms. The molecule has 0 unspecified atom stereocenters. The molecule has 20 heavy (non-hydrogen) atoms. The fourth-order valence-electron chi connectivity index (χ4n) is 2.02. The van der Waals surface area contributed by atoms with Gasteiger partial charge < -0.3 is 9.88 Å². The molecular weight excluding hydrogens is 250 g/mol. The van der Waals surface area contributed by atoms with Crippen LogP contribution in [0.3, 0.4) is 0 Å². The van der Waals surface area contributed by atoms with Crippen LogP contribution in [-0.2, 0) is 0 Å². The van der Waals surface area contributed by atoms with Gasteiger partial charge in [-0.3, -0.25) is 4.79 Å². The summed E-state index contributed by atoms with van der Waals surface area (Å²) in [6.07, 6.45) is 0. The number of nitrogens with one attached hydrogen (secondary N) is 1. The second kappa shape index (κ2) is 5.49. The van der Waals surface area contributed by atoms with Gasteiger partial charge in [0.2, 0.25) is 0 Å². The maximum Gasteiger partial charge on any atom is 0.254 e. The number of hydrogen-bond acceptors (Lipinski definition) is 3. The summed E-state index contributed by atoms with van der Waals surface area (Å²) in [5.74, 6) is 0.926. The lowest BCUT2D eigenvalue weighted by molar-refractivity contribution is 0.765. The van der Waals surface area contributed by atoms with E-state index < -0.39 is 0 Å². The Morgan fingerprint density at radius 1 is 1.15 bits per heavy atom. The Balaban J connectivity index is 2.54. The van der Waals surface area contributed by atoms with Crippen molar-refractivity contribution in [3.8, 4) is 11.3 Å². The summed E-state index contributed by atoms with van der Waals surface area (Å²) in [7, 11) is 4.01. The fourth-order valence-corrected chi connectivity index (χ4v) is 2.02. The van der Waals surface area contributed by atoms with Crippen LogP contribution in [-0.4, -0.2) is 24.1 Å². The molecule has 0 saturated carbocycles. The first-order chi connectivity index (χ1) is 9.40. The first-order valence-electron chi connectivity index (χ1n) is 6.78. The van der Waals surface area contributed by atoms with Crippen molar-refractivity contribution in [2.24, 2.45) is 0 Å². The molecule has 2 aromatic rings. The molecule has 0 aliphatic heterocycles. The Bertz CT molecular complexity index is 654. The van der Waals surface area contributed by atoms with Crippen LogP contribution >= 0.6 is 0 Å². The lowest BCUT2D eigenvalue weighted by Gasteiger charge is -2.14. The minimum atomic E-state index is -0.0598. The zero-order valence-electron chi connectivity index (χ0n) is 12.7. The van der Waals surface area contributed by atoms with E-state index in [1.165, 1.54) is 0 Å². The highest BCUT2D eigenvalue weighted by Gasteiger charge is 2.11. The number of hydrogen-bond donors (Lipinski definition) is 1. The van der Waals surface area contributed by atoms with Crippen molar-refractivity contribution >= 4 is 5.69 Å². The van der Waals surface area contributed by atoms with Crippen LogP contribution < -0.4 is 10.5 Å². The molecule has 0 aliphatic rings. The van der Waals surface area contributed by atoms with Gasteiger partial charge in [-0.25, -0.2) is 4.98 Å². The molecule has 0 amide bonds. The summed E-state index contributed by atoms with van der Waals surface area (Å²) in [4.78, 5) is 21.5. The summed E-state index contributed by atoms with van der Waals surface area (Å²) in [6, 6.07) is 8.09. The van der Waals surface area contributed by atoms with Gasteiger partial charge in [-0.15, -0.1) is 0 Å². The molecule has 4 nitrogen and oxygen atoms in total. The van der Waals surface area contributed by atoms with Crippen molar-refractivity contribution in [1.82, 2.24) is 9.97 Å². The maximum absolute atomic E-state index is 12.0. The zero-order chi connectivity index (χ0) is 14.9. The summed E-state index contributed by atoms with van der Waals surface area (Å²) < 4.78 is 0.